The lowest BCUT2D eigenvalue weighted by molar-refractivity contribution is 0.0515. The largest absolute Gasteiger partial charge is 0.461 e. The number of nitrogens with zero attached hydrogens (tertiary/aromatic N) is 3. The molecule has 1 aliphatic rings. The number of carbonyl (C=O) groups excluding carboxylic acids is 1. The molecule has 1 fully saturated rings. The molecule has 1 aromatic heterocycles. The second kappa shape index (κ2) is 5.26. The van der Waals surface area contributed by atoms with Gasteiger partial charge in [-0.25, -0.2) is 4.79 Å². The molecule has 112 valence electrons. The Kier molecular flexibility index (Phi) is 3.41. The van der Waals surface area contributed by atoms with Crippen LogP contribution in [0.1, 0.15) is 30.3 Å². The maximum atomic E-state index is 12.4. The van der Waals surface area contributed by atoms with E-state index in [1.807, 2.05) is 0 Å². The van der Waals surface area contributed by atoms with Crippen molar-refractivity contribution in [3.63, 3.8) is 0 Å². The number of carbonyl (C=O) groups is 1. The second-order valence-electron chi connectivity index (χ2n) is 5.47. The van der Waals surface area contributed by atoms with Crippen molar-refractivity contribution in [2.24, 2.45) is 5.41 Å². The van der Waals surface area contributed by atoms with E-state index in [4.69, 9.17) is 4.74 Å². The van der Waals surface area contributed by atoms with E-state index in [0.29, 0.717) is 17.4 Å². The molecule has 0 unspecified atom stereocenters. The van der Waals surface area contributed by atoms with Crippen LogP contribution in [0.3, 0.4) is 0 Å². The van der Waals surface area contributed by atoms with Crippen LogP contribution in [0.5, 0.6) is 0 Å². The van der Waals surface area contributed by atoms with Crippen molar-refractivity contribution in [1.29, 1.82) is 5.26 Å². The molecule has 0 amide bonds. The van der Waals surface area contributed by atoms with Crippen LogP contribution in [0.25, 0.3) is 10.9 Å². The van der Waals surface area contributed by atoms with E-state index in [1.165, 1.54) is 0 Å². The summed E-state index contributed by atoms with van der Waals surface area (Å²) >= 11 is 0. The number of hydrogen-bond donors (Lipinski definition) is 0. The summed E-state index contributed by atoms with van der Waals surface area (Å²) in [7, 11) is 0. The normalized spacial score (nSPS) is 15.3. The summed E-state index contributed by atoms with van der Waals surface area (Å²) in [5.41, 5.74) is -0.472. The Morgan fingerprint density at radius 2 is 2.18 bits per heavy atom. The summed E-state index contributed by atoms with van der Waals surface area (Å²) < 4.78 is 6.49. The Balaban J connectivity index is 2.18. The van der Waals surface area contributed by atoms with Gasteiger partial charge in [0.25, 0.3) is 0 Å². The first kappa shape index (κ1) is 14.3. The summed E-state index contributed by atoms with van der Waals surface area (Å²) in [6.45, 7) is 2.22. The molecule has 0 radical (unpaired) electrons. The Morgan fingerprint density at radius 1 is 1.45 bits per heavy atom. The van der Waals surface area contributed by atoms with Crippen LogP contribution in [0.4, 0.5) is 0 Å². The Bertz CT molecular complexity index is 844. The highest BCUT2D eigenvalue weighted by atomic mass is 16.5. The third-order valence-electron chi connectivity index (χ3n) is 3.87. The van der Waals surface area contributed by atoms with Crippen LogP contribution < -0.4 is 5.43 Å². The van der Waals surface area contributed by atoms with Gasteiger partial charge in [-0.1, -0.05) is 12.1 Å². The number of nitriles is 1. The number of fused-ring (bicyclic) bond motifs is 1. The first-order chi connectivity index (χ1) is 10.6. The van der Waals surface area contributed by atoms with Gasteiger partial charge in [0.1, 0.15) is 0 Å². The highest BCUT2D eigenvalue weighted by Crippen LogP contribution is 2.46. The molecule has 1 aliphatic carbocycles. The Labute approximate surface area is 126 Å². The van der Waals surface area contributed by atoms with Gasteiger partial charge < -0.3 is 4.74 Å². The quantitative estimate of drug-likeness (QED) is 0.804. The molecule has 0 aliphatic heterocycles. The molecule has 0 bridgehead atoms. The fourth-order valence-electron chi connectivity index (χ4n) is 2.43. The monoisotopic (exact) mass is 297 g/mol. The molecule has 1 aromatic carbocycles. The molecule has 22 heavy (non-hydrogen) atoms. The Morgan fingerprint density at radius 3 is 2.82 bits per heavy atom. The topological polar surface area (TPSA) is 85.0 Å². The summed E-state index contributed by atoms with van der Waals surface area (Å²) in [4.78, 5) is 24.4. The predicted octanol–water partition coefficient (Wildman–Crippen LogP) is 1.88. The lowest BCUT2D eigenvalue weighted by atomic mass is 10.1. The molecule has 6 heteroatoms. The van der Waals surface area contributed by atoms with E-state index >= 15 is 0 Å². The minimum Gasteiger partial charge on any atom is -0.461 e. The molecular weight excluding hydrogens is 282 g/mol. The Hall–Kier alpha value is -2.68. The number of aromatic nitrogens is 2. The van der Waals surface area contributed by atoms with E-state index in [1.54, 1.807) is 35.9 Å². The second-order valence-corrected chi connectivity index (χ2v) is 5.47. The van der Waals surface area contributed by atoms with Gasteiger partial charge in [0.15, 0.2) is 0 Å². The van der Waals surface area contributed by atoms with E-state index < -0.39 is 16.8 Å². The summed E-state index contributed by atoms with van der Waals surface area (Å²) in [6.07, 6.45) is 1.61. The average Bonchev–Trinajstić information content (AvgIpc) is 3.31. The summed E-state index contributed by atoms with van der Waals surface area (Å²) in [5.74, 6) is -0.728. The van der Waals surface area contributed by atoms with Crippen LogP contribution in [0.15, 0.2) is 29.1 Å². The van der Waals surface area contributed by atoms with E-state index in [-0.39, 0.29) is 12.3 Å². The number of rotatable bonds is 4. The van der Waals surface area contributed by atoms with Crippen molar-refractivity contribution >= 4 is 16.9 Å². The lowest BCUT2D eigenvalue weighted by Crippen LogP contribution is -2.26. The van der Waals surface area contributed by atoms with E-state index in [0.717, 1.165) is 12.8 Å². The number of ether oxygens (including phenoxy) is 1. The van der Waals surface area contributed by atoms with Gasteiger partial charge in [-0.2, -0.15) is 10.4 Å². The zero-order chi connectivity index (χ0) is 15.7. The van der Waals surface area contributed by atoms with E-state index in [9.17, 15) is 14.9 Å². The first-order valence-corrected chi connectivity index (χ1v) is 7.18. The maximum absolute atomic E-state index is 12.4. The van der Waals surface area contributed by atoms with Gasteiger partial charge in [0.2, 0.25) is 11.1 Å². The van der Waals surface area contributed by atoms with Gasteiger partial charge in [0.05, 0.1) is 30.2 Å². The predicted molar refractivity (Wildman–Crippen MR) is 79.2 cm³/mol. The molecule has 3 rings (SSSR count). The molecule has 0 atom stereocenters. The molecule has 0 N–H and O–H groups in total. The molecule has 1 heterocycles. The van der Waals surface area contributed by atoms with Crippen molar-refractivity contribution in [2.75, 3.05) is 6.61 Å². The van der Waals surface area contributed by atoms with Crippen LogP contribution in [-0.2, 0) is 11.3 Å². The van der Waals surface area contributed by atoms with Gasteiger partial charge >= 0.3 is 5.97 Å². The highest BCUT2D eigenvalue weighted by molar-refractivity contribution is 5.91. The number of benzene rings is 1. The van der Waals surface area contributed by atoms with Gasteiger partial charge in [0, 0.05) is 5.39 Å². The van der Waals surface area contributed by atoms with Crippen LogP contribution >= 0.6 is 0 Å². The van der Waals surface area contributed by atoms with Crippen molar-refractivity contribution in [1.82, 2.24) is 9.78 Å². The van der Waals surface area contributed by atoms with Crippen LogP contribution in [0.2, 0.25) is 0 Å². The zero-order valence-corrected chi connectivity index (χ0v) is 12.2. The molecule has 0 spiro atoms. The summed E-state index contributed by atoms with van der Waals surface area (Å²) in [5, 5.41) is 13.8. The van der Waals surface area contributed by atoms with Crippen LogP contribution in [-0.4, -0.2) is 22.4 Å². The zero-order valence-electron chi connectivity index (χ0n) is 12.2. The summed E-state index contributed by atoms with van der Waals surface area (Å²) in [6, 6.07) is 9.26. The number of para-hydroxylation sites is 1. The minimum atomic E-state index is -0.728. The third-order valence-corrected chi connectivity index (χ3v) is 3.87. The fraction of sp³-hybridized carbons (Fsp3) is 0.375. The molecule has 2 aromatic rings. The molecular formula is C16H15N3O3. The van der Waals surface area contributed by atoms with Crippen molar-refractivity contribution in [3.05, 3.63) is 40.2 Å². The van der Waals surface area contributed by atoms with Gasteiger partial charge in [-0.05, 0) is 31.9 Å². The maximum Gasteiger partial charge on any atom is 0.362 e. The highest BCUT2D eigenvalue weighted by Gasteiger charge is 2.44. The number of hydrogen-bond acceptors (Lipinski definition) is 5. The fourth-order valence-corrected chi connectivity index (χ4v) is 2.43. The molecule has 6 nitrogen and oxygen atoms in total. The van der Waals surface area contributed by atoms with Crippen molar-refractivity contribution in [3.8, 4) is 6.07 Å². The SMILES string of the molecule is CCOC(=O)c1nn(CC2(C#N)CC2)c2ccccc2c1=O. The molecule has 1 saturated carbocycles. The minimum absolute atomic E-state index is 0.176. The van der Waals surface area contributed by atoms with Gasteiger partial charge in [-0.3, -0.25) is 9.48 Å². The first-order valence-electron chi connectivity index (χ1n) is 7.18. The van der Waals surface area contributed by atoms with Gasteiger partial charge in [-0.15, -0.1) is 0 Å². The van der Waals surface area contributed by atoms with E-state index in [2.05, 4.69) is 11.2 Å². The lowest BCUT2D eigenvalue weighted by Gasteiger charge is -2.13. The average molecular weight is 297 g/mol. The number of esters is 1. The third kappa shape index (κ3) is 2.35. The van der Waals surface area contributed by atoms with Crippen LogP contribution in [0, 0.1) is 16.7 Å². The van der Waals surface area contributed by atoms with Crippen molar-refractivity contribution in [2.45, 2.75) is 26.3 Å². The standard InChI is InChI=1S/C16H15N3O3/c1-2-22-15(21)13-14(20)11-5-3-4-6-12(11)19(18-13)10-16(9-17)7-8-16/h3-6H,2,7-8,10H2,1H3. The van der Waals surface area contributed by atoms with Crippen molar-refractivity contribution < 1.29 is 9.53 Å². The smallest absolute Gasteiger partial charge is 0.362 e. The molecule has 0 saturated heterocycles.